The third-order valence-electron chi connectivity index (χ3n) is 0.365. The third-order valence-corrected chi connectivity index (χ3v) is 0.365. The summed E-state index contributed by atoms with van der Waals surface area (Å²) in [7, 11) is 0. The molecule has 0 fully saturated rings. The zero-order valence-electron chi connectivity index (χ0n) is 5.23. The van der Waals surface area contributed by atoms with Crippen LogP contribution in [0, 0.1) is 13.3 Å². The molecule has 0 aromatic carbocycles. The van der Waals surface area contributed by atoms with E-state index in [-0.39, 0.29) is 29.1 Å². The van der Waals surface area contributed by atoms with Crippen molar-refractivity contribution in [2.45, 2.75) is 13.8 Å². The summed E-state index contributed by atoms with van der Waals surface area (Å²) in [5.41, 5.74) is 0. The predicted octanol–water partition coefficient (Wildman–Crippen LogP) is 1.08. The molecule has 0 bridgehead atoms. The van der Waals surface area contributed by atoms with Crippen LogP contribution in [0.15, 0.2) is 0 Å². The van der Waals surface area contributed by atoms with Crippen LogP contribution >= 0.6 is 0 Å². The van der Waals surface area contributed by atoms with Crippen LogP contribution in [-0.4, -0.2) is 11.7 Å². The molecule has 7 heavy (non-hydrogen) atoms. The fraction of sp³-hybridized carbons (Fsp3) is 0.800. The van der Waals surface area contributed by atoms with Crippen LogP contribution in [0.3, 0.4) is 0 Å². The van der Waals surface area contributed by atoms with Gasteiger partial charge in [-0.1, -0.05) is 13.8 Å². The smallest absolute Gasteiger partial charge is 0.0453 e. The van der Waals surface area contributed by atoms with Gasteiger partial charge in [0, 0.05) is 28.3 Å². The van der Waals surface area contributed by atoms with Gasteiger partial charge >= 0.3 is 0 Å². The molecule has 0 aromatic rings. The first kappa shape index (κ1) is 15.6. The summed E-state index contributed by atoms with van der Waals surface area (Å²) < 4.78 is 0. The molecule has 0 unspecified atom stereocenters. The Morgan fingerprint density at radius 2 is 1.57 bits per heavy atom. The molecule has 0 aromatic heterocycles. The molecular formula is C5H13OTi-. The van der Waals surface area contributed by atoms with Crippen molar-refractivity contribution in [1.29, 1.82) is 0 Å². The first-order valence-electron chi connectivity index (χ1n) is 1.88. The third kappa shape index (κ3) is 20.4. The van der Waals surface area contributed by atoms with Gasteiger partial charge in [0.2, 0.25) is 0 Å². The maximum atomic E-state index is 8.14. The summed E-state index contributed by atoms with van der Waals surface area (Å²) in [6.07, 6.45) is 0. The van der Waals surface area contributed by atoms with E-state index in [1.165, 1.54) is 0 Å². The van der Waals surface area contributed by atoms with Gasteiger partial charge in [-0.15, -0.1) is 0 Å². The largest absolute Gasteiger partial charge is 0.396 e. The van der Waals surface area contributed by atoms with Gasteiger partial charge in [-0.05, 0) is 5.92 Å². The minimum atomic E-state index is 0. The molecule has 0 aliphatic rings. The quantitative estimate of drug-likeness (QED) is 0.423. The van der Waals surface area contributed by atoms with Crippen LogP contribution in [0.5, 0.6) is 0 Å². The van der Waals surface area contributed by atoms with E-state index in [1.807, 2.05) is 13.8 Å². The van der Waals surface area contributed by atoms with E-state index in [1.54, 1.807) is 0 Å². The molecule has 1 nitrogen and oxygen atoms in total. The molecule has 0 saturated heterocycles. The van der Waals surface area contributed by atoms with Crippen molar-refractivity contribution in [3.63, 3.8) is 0 Å². The number of hydrogen-bond donors (Lipinski definition) is 1. The summed E-state index contributed by atoms with van der Waals surface area (Å²) >= 11 is 0. The Labute approximate surface area is 61.0 Å². The van der Waals surface area contributed by atoms with E-state index in [0.29, 0.717) is 12.5 Å². The van der Waals surface area contributed by atoms with Crippen molar-refractivity contribution in [2.75, 3.05) is 6.61 Å². The zero-order chi connectivity index (χ0) is 4.28. The average Bonchev–Trinajstić information content (AvgIpc) is 1.38. The minimum Gasteiger partial charge on any atom is -0.396 e. The zero-order valence-corrected chi connectivity index (χ0v) is 6.79. The van der Waals surface area contributed by atoms with Crippen LogP contribution in [0.25, 0.3) is 0 Å². The Morgan fingerprint density at radius 1 is 1.43 bits per heavy atom. The van der Waals surface area contributed by atoms with Gasteiger partial charge in [0.15, 0.2) is 0 Å². The first-order valence-corrected chi connectivity index (χ1v) is 1.88. The molecule has 2 heteroatoms. The maximum absolute atomic E-state index is 8.14. The fourth-order valence-electron chi connectivity index (χ4n) is 0. The van der Waals surface area contributed by atoms with Gasteiger partial charge in [-0.2, -0.15) is 0 Å². The molecule has 0 aliphatic carbocycles. The second-order valence-corrected chi connectivity index (χ2v) is 1.58. The summed E-state index contributed by atoms with van der Waals surface area (Å²) in [6.45, 7) is 4.25. The van der Waals surface area contributed by atoms with Gasteiger partial charge < -0.3 is 12.5 Å². The molecule has 0 spiro atoms. The van der Waals surface area contributed by atoms with Crippen LogP contribution in [-0.2, 0) is 21.7 Å². The fourth-order valence-corrected chi connectivity index (χ4v) is 0. The van der Waals surface area contributed by atoms with Gasteiger partial charge in [0.05, 0.1) is 0 Å². The van der Waals surface area contributed by atoms with Crippen molar-refractivity contribution in [3.8, 4) is 0 Å². The van der Waals surface area contributed by atoms with Crippen LogP contribution in [0.1, 0.15) is 13.8 Å². The number of aliphatic hydroxyl groups is 1. The standard InChI is InChI=1S/C4H10O.CH3.Ti/c1-4(2)3-5;;/h4-5H,3H2,1-2H3;1H3;/q;-1;. The summed E-state index contributed by atoms with van der Waals surface area (Å²) in [5.74, 6) is 0.440. The summed E-state index contributed by atoms with van der Waals surface area (Å²) in [4.78, 5) is 0. The molecular weight excluding hydrogens is 124 g/mol. The molecule has 0 saturated carbocycles. The normalized spacial score (nSPS) is 6.86. The second-order valence-electron chi connectivity index (χ2n) is 1.58. The van der Waals surface area contributed by atoms with Gasteiger partial charge in [0.25, 0.3) is 0 Å². The van der Waals surface area contributed by atoms with Crippen molar-refractivity contribution >= 4 is 0 Å². The van der Waals surface area contributed by atoms with Gasteiger partial charge in [-0.25, -0.2) is 0 Å². The number of hydrogen-bond acceptors (Lipinski definition) is 1. The Bertz CT molecular complexity index is 22.0. The molecule has 0 atom stereocenters. The average molecular weight is 137 g/mol. The summed E-state index contributed by atoms with van der Waals surface area (Å²) in [5, 5.41) is 8.14. The SMILES string of the molecule is CC(C)CO.[CH3-].[Ti]. The van der Waals surface area contributed by atoms with Gasteiger partial charge in [0.1, 0.15) is 0 Å². The van der Waals surface area contributed by atoms with E-state index < -0.39 is 0 Å². The second kappa shape index (κ2) is 9.84. The van der Waals surface area contributed by atoms with Crippen molar-refractivity contribution in [2.24, 2.45) is 5.92 Å². The molecule has 0 radical (unpaired) electrons. The van der Waals surface area contributed by atoms with E-state index in [9.17, 15) is 0 Å². The molecule has 0 rings (SSSR count). The minimum absolute atomic E-state index is 0. The maximum Gasteiger partial charge on any atom is 0.0453 e. The predicted molar refractivity (Wildman–Crippen MR) is 28.3 cm³/mol. The number of aliphatic hydroxyl groups excluding tert-OH is 1. The Hall–Kier alpha value is 0.674. The molecule has 0 heterocycles. The van der Waals surface area contributed by atoms with Crippen LogP contribution < -0.4 is 0 Å². The first-order chi connectivity index (χ1) is 2.27. The molecule has 44 valence electrons. The topological polar surface area (TPSA) is 20.2 Å². The Morgan fingerprint density at radius 3 is 1.57 bits per heavy atom. The van der Waals surface area contributed by atoms with Crippen LogP contribution in [0.4, 0.5) is 0 Å². The Balaban J connectivity index is -0.0000000800. The molecule has 0 aliphatic heterocycles. The van der Waals surface area contributed by atoms with Crippen molar-refractivity contribution < 1.29 is 26.8 Å². The molecule has 0 amide bonds. The van der Waals surface area contributed by atoms with E-state index in [2.05, 4.69) is 0 Å². The van der Waals surface area contributed by atoms with Crippen LogP contribution in [0.2, 0.25) is 0 Å². The van der Waals surface area contributed by atoms with E-state index in [0.717, 1.165) is 0 Å². The van der Waals surface area contributed by atoms with Crippen molar-refractivity contribution in [1.82, 2.24) is 0 Å². The molecule has 1 N–H and O–H groups in total. The monoisotopic (exact) mass is 137 g/mol. The van der Waals surface area contributed by atoms with Crippen molar-refractivity contribution in [3.05, 3.63) is 7.43 Å². The summed E-state index contributed by atoms with van der Waals surface area (Å²) in [6, 6.07) is 0. The van der Waals surface area contributed by atoms with Gasteiger partial charge in [-0.3, -0.25) is 0 Å². The van der Waals surface area contributed by atoms with E-state index >= 15 is 0 Å². The van der Waals surface area contributed by atoms with E-state index in [4.69, 9.17) is 5.11 Å². The number of rotatable bonds is 1. The Kier molecular flexibility index (Phi) is 22.0.